The summed E-state index contributed by atoms with van der Waals surface area (Å²) >= 11 is 0. The van der Waals surface area contributed by atoms with Gasteiger partial charge in [0.05, 0.1) is 30.1 Å². The van der Waals surface area contributed by atoms with E-state index in [2.05, 4.69) is 15.0 Å². The SMILES string of the molecule is CCc1ncc(F)cc1[C@H]1CCCN1c1ccn2ncc(C(=O)C[C@H]3CC[C@H](O)C3)c2n1. The van der Waals surface area contributed by atoms with Crippen molar-refractivity contribution in [2.24, 2.45) is 5.92 Å². The van der Waals surface area contributed by atoms with Crippen molar-refractivity contribution in [1.29, 1.82) is 0 Å². The molecule has 168 valence electrons. The summed E-state index contributed by atoms with van der Waals surface area (Å²) in [5, 5.41) is 14.1. The summed E-state index contributed by atoms with van der Waals surface area (Å²) in [4.78, 5) is 24.3. The van der Waals surface area contributed by atoms with Crippen LogP contribution in [0.1, 0.15) is 73.1 Å². The zero-order valence-electron chi connectivity index (χ0n) is 18.2. The molecule has 1 aliphatic carbocycles. The fourth-order valence-corrected chi connectivity index (χ4v) is 5.25. The molecule has 2 fully saturated rings. The molecular weight excluding hydrogens is 409 g/mol. The van der Waals surface area contributed by atoms with Gasteiger partial charge in [-0.1, -0.05) is 6.92 Å². The van der Waals surface area contributed by atoms with Crippen LogP contribution in [0, 0.1) is 11.7 Å². The molecule has 0 spiro atoms. The molecule has 0 radical (unpaired) electrons. The van der Waals surface area contributed by atoms with E-state index in [1.54, 1.807) is 16.8 Å². The van der Waals surface area contributed by atoms with E-state index in [1.807, 2.05) is 19.2 Å². The molecule has 4 heterocycles. The number of anilines is 1. The van der Waals surface area contributed by atoms with Crippen LogP contribution >= 0.6 is 0 Å². The molecule has 0 amide bonds. The summed E-state index contributed by atoms with van der Waals surface area (Å²) in [6.45, 7) is 2.84. The monoisotopic (exact) mass is 437 g/mol. The summed E-state index contributed by atoms with van der Waals surface area (Å²) in [6, 6.07) is 3.50. The van der Waals surface area contributed by atoms with Crippen LogP contribution in [0.2, 0.25) is 0 Å². The number of aromatic nitrogens is 4. The van der Waals surface area contributed by atoms with E-state index in [1.165, 1.54) is 6.20 Å². The van der Waals surface area contributed by atoms with Crippen molar-refractivity contribution in [3.8, 4) is 0 Å². The van der Waals surface area contributed by atoms with Gasteiger partial charge < -0.3 is 10.0 Å². The highest BCUT2D eigenvalue weighted by Crippen LogP contribution is 2.37. The first-order valence-corrected chi connectivity index (χ1v) is 11.5. The third-order valence-electron chi connectivity index (χ3n) is 6.85. The molecule has 32 heavy (non-hydrogen) atoms. The average Bonchev–Trinajstić information content (AvgIpc) is 3.52. The van der Waals surface area contributed by atoms with Crippen LogP contribution in [-0.4, -0.2) is 43.1 Å². The van der Waals surface area contributed by atoms with Gasteiger partial charge in [0, 0.05) is 24.9 Å². The number of hydrogen-bond acceptors (Lipinski definition) is 6. The van der Waals surface area contributed by atoms with Crippen molar-refractivity contribution in [2.45, 2.75) is 64.0 Å². The largest absolute Gasteiger partial charge is 0.393 e. The predicted octanol–water partition coefficient (Wildman–Crippen LogP) is 3.90. The summed E-state index contributed by atoms with van der Waals surface area (Å²) in [7, 11) is 0. The van der Waals surface area contributed by atoms with Crippen molar-refractivity contribution in [3.63, 3.8) is 0 Å². The first-order chi connectivity index (χ1) is 15.5. The van der Waals surface area contributed by atoms with E-state index in [9.17, 15) is 14.3 Å². The van der Waals surface area contributed by atoms with E-state index < -0.39 is 0 Å². The number of rotatable bonds is 6. The minimum Gasteiger partial charge on any atom is -0.393 e. The Morgan fingerprint density at radius 2 is 2.16 bits per heavy atom. The van der Waals surface area contributed by atoms with E-state index in [-0.39, 0.29) is 29.7 Å². The van der Waals surface area contributed by atoms with Crippen LogP contribution in [0.5, 0.6) is 0 Å². The lowest BCUT2D eigenvalue weighted by molar-refractivity contribution is 0.0959. The summed E-state index contributed by atoms with van der Waals surface area (Å²) < 4.78 is 15.6. The number of pyridine rings is 1. The topological polar surface area (TPSA) is 83.6 Å². The third kappa shape index (κ3) is 3.88. The number of ketones is 1. The first kappa shape index (κ1) is 21.0. The molecule has 0 bridgehead atoms. The number of carbonyl (C=O) groups excluding carboxylic acids is 1. The number of fused-ring (bicyclic) bond motifs is 1. The molecular formula is C24H28FN5O2. The number of carbonyl (C=O) groups is 1. The summed E-state index contributed by atoms with van der Waals surface area (Å²) in [5.41, 5.74) is 2.88. The van der Waals surface area contributed by atoms with Crippen LogP contribution in [0.3, 0.4) is 0 Å². The van der Waals surface area contributed by atoms with E-state index >= 15 is 0 Å². The maximum Gasteiger partial charge on any atom is 0.168 e. The number of hydrogen-bond donors (Lipinski definition) is 1. The Bertz CT molecular complexity index is 1150. The molecule has 0 aromatic carbocycles. The normalized spacial score (nSPS) is 23.3. The number of nitrogens with zero attached hydrogens (tertiary/aromatic N) is 5. The van der Waals surface area contributed by atoms with Gasteiger partial charge in [-0.25, -0.2) is 13.9 Å². The van der Waals surface area contributed by atoms with Gasteiger partial charge in [0.2, 0.25) is 0 Å². The highest BCUT2D eigenvalue weighted by Gasteiger charge is 2.31. The predicted molar refractivity (Wildman–Crippen MR) is 118 cm³/mol. The highest BCUT2D eigenvalue weighted by molar-refractivity contribution is 6.01. The molecule has 7 nitrogen and oxygen atoms in total. The second kappa shape index (κ2) is 8.58. The molecule has 3 atom stereocenters. The molecule has 1 N–H and O–H groups in total. The number of aliphatic hydroxyl groups is 1. The van der Waals surface area contributed by atoms with Gasteiger partial charge in [0.25, 0.3) is 0 Å². The quantitative estimate of drug-likeness (QED) is 0.589. The minimum absolute atomic E-state index is 0.00477. The highest BCUT2D eigenvalue weighted by atomic mass is 19.1. The first-order valence-electron chi connectivity index (χ1n) is 11.5. The average molecular weight is 438 g/mol. The second-order valence-corrected chi connectivity index (χ2v) is 8.97. The van der Waals surface area contributed by atoms with Crippen LogP contribution in [0.25, 0.3) is 5.65 Å². The Hall–Kier alpha value is -2.87. The van der Waals surface area contributed by atoms with E-state index in [0.717, 1.165) is 55.7 Å². The van der Waals surface area contributed by atoms with Crippen molar-refractivity contribution >= 4 is 17.2 Å². The summed E-state index contributed by atoms with van der Waals surface area (Å²) in [6.07, 6.45) is 9.75. The molecule has 5 rings (SSSR count). The van der Waals surface area contributed by atoms with Crippen LogP contribution in [0.15, 0.2) is 30.7 Å². The van der Waals surface area contributed by atoms with Crippen molar-refractivity contribution in [2.75, 3.05) is 11.4 Å². The van der Waals surface area contributed by atoms with Gasteiger partial charge in [-0.15, -0.1) is 0 Å². The third-order valence-corrected chi connectivity index (χ3v) is 6.85. The van der Waals surface area contributed by atoms with Crippen LogP contribution in [-0.2, 0) is 6.42 Å². The van der Waals surface area contributed by atoms with Gasteiger partial charge in [0.1, 0.15) is 11.6 Å². The molecule has 1 saturated heterocycles. The molecule has 1 aliphatic heterocycles. The minimum atomic E-state index is -0.326. The lowest BCUT2D eigenvalue weighted by Crippen LogP contribution is -2.25. The Kier molecular flexibility index (Phi) is 5.63. The Morgan fingerprint density at radius 3 is 2.94 bits per heavy atom. The number of halogens is 1. The molecule has 3 aromatic heterocycles. The van der Waals surface area contributed by atoms with E-state index in [0.29, 0.717) is 24.1 Å². The Morgan fingerprint density at radius 1 is 1.28 bits per heavy atom. The van der Waals surface area contributed by atoms with Crippen LogP contribution in [0.4, 0.5) is 10.2 Å². The van der Waals surface area contributed by atoms with Crippen molar-refractivity contribution < 1.29 is 14.3 Å². The fourth-order valence-electron chi connectivity index (χ4n) is 5.25. The van der Waals surface area contributed by atoms with Crippen molar-refractivity contribution in [3.05, 3.63) is 53.4 Å². The van der Waals surface area contributed by atoms with Crippen molar-refractivity contribution in [1.82, 2.24) is 19.6 Å². The number of aliphatic hydroxyl groups excluding tert-OH is 1. The standard InChI is InChI=1S/C24H28FN5O2/c1-2-20-18(12-16(25)13-26-20)21-4-3-8-29(21)23-7-9-30-24(28-23)19(14-27-30)22(32)11-15-5-6-17(31)10-15/h7,9,12-15,17,21,31H,2-6,8,10-11H2,1H3/t15-,17-,21+/m0/s1. The lowest BCUT2D eigenvalue weighted by Gasteiger charge is -2.27. The second-order valence-electron chi connectivity index (χ2n) is 8.97. The van der Waals surface area contributed by atoms with Gasteiger partial charge in [0.15, 0.2) is 11.4 Å². The van der Waals surface area contributed by atoms with Crippen LogP contribution < -0.4 is 4.90 Å². The Labute approximate surface area is 186 Å². The molecule has 1 saturated carbocycles. The summed E-state index contributed by atoms with van der Waals surface area (Å²) in [5.74, 6) is 0.668. The van der Waals surface area contributed by atoms with Gasteiger partial charge >= 0.3 is 0 Å². The van der Waals surface area contributed by atoms with Gasteiger partial charge in [-0.2, -0.15) is 5.10 Å². The lowest BCUT2D eigenvalue weighted by atomic mass is 9.98. The Balaban J connectivity index is 1.45. The zero-order chi connectivity index (χ0) is 22.2. The molecule has 8 heteroatoms. The number of Topliss-reactive ketones (excluding diaryl/α,β-unsaturated/α-hetero) is 1. The molecule has 0 unspecified atom stereocenters. The van der Waals surface area contributed by atoms with Gasteiger partial charge in [-0.3, -0.25) is 9.78 Å². The number of aryl methyl sites for hydroxylation is 1. The maximum atomic E-state index is 14.0. The zero-order valence-corrected chi connectivity index (χ0v) is 18.2. The molecule has 3 aromatic rings. The smallest absolute Gasteiger partial charge is 0.168 e. The fraction of sp³-hybridized carbons (Fsp3) is 0.500. The van der Waals surface area contributed by atoms with E-state index in [4.69, 9.17) is 4.98 Å². The molecule has 2 aliphatic rings. The van der Waals surface area contributed by atoms with Gasteiger partial charge in [-0.05, 0) is 62.1 Å². The maximum absolute atomic E-state index is 14.0.